The third-order valence-corrected chi connectivity index (χ3v) is 5.78. The zero-order valence-electron chi connectivity index (χ0n) is 16.5. The molecular formula is C20H26N2O5S. The molecule has 0 saturated carbocycles. The fourth-order valence-corrected chi connectivity index (χ4v) is 4.28. The first-order valence-electron chi connectivity index (χ1n) is 9.34. The number of methoxy groups -OCH3 is 3. The first-order chi connectivity index (χ1) is 13.6. The van der Waals surface area contributed by atoms with Crippen molar-refractivity contribution in [3.05, 3.63) is 22.6 Å². The lowest BCUT2D eigenvalue weighted by Crippen LogP contribution is -2.29. The summed E-state index contributed by atoms with van der Waals surface area (Å²) < 4.78 is 16.1. The molecule has 28 heavy (non-hydrogen) atoms. The summed E-state index contributed by atoms with van der Waals surface area (Å²) in [7, 11) is 4.83. The van der Waals surface area contributed by atoms with E-state index < -0.39 is 0 Å². The van der Waals surface area contributed by atoms with Gasteiger partial charge < -0.3 is 19.1 Å². The van der Waals surface area contributed by atoms with Crippen molar-refractivity contribution in [3.63, 3.8) is 0 Å². The highest BCUT2D eigenvalue weighted by atomic mass is 32.2. The molecule has 8 heteroatoms. The van der Waals surface area contributed by atoms with E-state index in [0.717, 1.165) is 49.1 Å². The minimum absolute atomic E-state index is 0.257. The number of benzene rings is 1. The molecular weight excluding hydrogens is 380 g/mol. The SMILES string of the molecule is COCCCN1C(=O)S/C(=C/c2cc(OC)c(N3CCCC3)cc2OC)C1=O. The topological polar surface area (TPSA) is 68.3 Å². The number of imide groups is 1. The number of thioether (sulfide) groups is 1. The average Bonchev–Trinajstić information content (AvgIpc) is 3.32. The van der Waals surface area contributed by atoms with Gasteiger partial charge in [-0.05, 0) is 43.2 Å². The lowest BCUT2D eigenvalue weighted by Gasteiger charge is -2.22. The van der Waals surface area contributed by atoms with Crippen LogP contribution < -0.4 is 14.4 Å². The van der Waals surface area contributed by atoms with E-state index in [1.54, 1.807) is 27.4 Å². The average molecular weight is 407 g/mol. The molecule has 0 unspecified atom stereocenters. The Morgan fingerprint density at radius 2 is 1.79 bits per heavy atom. The fraction of sp³-hybridized carbons (Fsp3) is 0.500. The molecule has 0 bridgehead atoms. The molecule has 0 spiro atoms. The zero-order chi connectivity index (χ0) is 20.1. The molecule has 7 nitrogen and oxygen atoms in total. The Kier molecular flexibility index (Phi) is 6.85. The first kappa shape index (κ1) is 20.5. The summed E-state index contributed by atoms with van der Waals surface area (Å²) in [6, 6.07) is 3.81. The quantitative estimate of drug-likeness (QED) is 0.484. The van der Waals surface area contributed by atoms with Crippen LogP contribution >= 0.6 is 11.8 Å². The number of ether oxygens (including phenoxy) is 3. The van der Waals surface area contributed by atoms with Gasteiger partial charge in [-0.2, -0.15) is 0 Å². The molecule has 1 aromatic rings. The second-order valence-corrected chi connectivity index (χ2v) is 7.63. The number of rotatable bonds is 8. The normalized spacial score (nSPS) is 18.5. The van der Waals surface area contributed by atoms with E-state index in [4.69, 9.17) is 14.2 Å². The van der Waals surface area contributed by atoms with Crippen LogP contribution in [-0.4, -0.2) is 63.6 Å². The summed E-state index contributed by atoms with van der Waals surface area (Å²) in [5.41, 5.74) is 1.70. The summed E-state index contributed by atoms with van der Waals surface area (Å²) in [4.78, 5) is 28.8. The van der Waals surface area contributed by atoms with Crippen LogP contribution in [0.25, 0.3) is 6.08 Å². The Morgan fingerprint density at radius 1 is 1.07 bits per heavy atom. The van der Waals surface area contributed by atoms with Crippen molar-refractivity contribution in [1.82, 2.24) is 4.90 Å². The van der Waals surface area contributed by atoms with Crippen molar-refractivity contribution < 1.29 is 23.8 Å². The van der Waals surface area contributed by atoms with Crippen molar-refractivity contribution >= 4 is 34.7 Å². The lowest BCUT2D eigenvalue weighted by molar-refractivity contribution is -0.122. The van der Waals surface area contributed by atoms with Crippen LogP contribution in [0.1, 0.15) is 24.8 Å². The van der Waals surface area contributed by atoms with Crippen LogP contribution in [-0.2, 0) is 9.53 Å². The number of nitrogens with zero attached hydrogens (tertiary/aromatic N) is 2. The minimum Gasteiger partial charge on any atom is -0.496 e. The van der Waals surface area contributed by atoms with Gasteiger partial charge in [0.2, 0.25) is 0 Å². The molecule has 2 saturated heterocycles. The van der Waals surface area contributed by atoms with E-state index in [1.807, 2.05) is 12.1 Å². The molecule has 2 heterocycles. The molecule has 152 valence electrons. The van der Waals surface area contributed by atoms with Crippen molar-refractivity contribution in [2.75, 3.05) is 52.5 Å². The van der Waals surface area contributed by atoms with Gasteiger partial charge in [0.25, 0.3) is 11.1 Å². The fourth-order valence-electron chi connectivity index (χ4n) is 3.42. The highest BCUT2D eigenvalue weighted by Crippen LogP contribution is 2.40. The standard InChI is InChI=1S/C20H26N2O5S/c1-25-10-6-9-22-19(23)18(28-20(22)24)12-14-11-17(27-3)15(13-16(14)26-2)21-7-4-5-8-21/h11-13H,4-10H2,1-3H3/b18-12+. The summed E-state index contributed by atoms with van der Waals surface area (Å²) in [5, 5.41) is -0.257. The van der Waals surface area contributed by atoms with Crippen molar-refractivity contribution in [2.24, 2.45) is 0 Å². The van der Waals surface area contributed by atoms with Crippen molar-refractivity contribution in [3.8, 4) is 11.5 Å². The summed E-state index contributed by atoms with van der Waals surface area (Å²) in [6.45, 7) is 2.83. The first-order valence-corrected chi connectivity index (χ1v) is 10.2. The lowest BCUT2D eigenvalue weighted by atomic mass is 10.1. The van der Waals surface area contributed by atoms with Gasteiger partial charge in [0.1, 0.15) is 11.5 Å². The van der Waals surface area contributed by atoms with E-state index in [1.165, 1.54) is 4.90 Å². The van der Waals surface area contributed by atoms with Gasteiger partial charge in [0, 0.05) is 45.0 Å². The number of anilines is 1. The predicted octanol–water partition coefficient (Wildman–Crippen LogP) is 3.38. The Labute approximate surface area is 169 Å². The number of carbonyl (C=O) groups is 2. The van der Waals surface area contributed by atoms with E-state index in [-0.39, 0.29) is 11.1 Å². The third kappa shape index (κ3) is 4.28. The minimum atomic E-state index is -0.282. The van der Waals surface area contributed by atoms with E-state index >= 15 is 0 Å². The van der Waals surface area contributed by atoms with Gasteiger partial charge in [0.15, 0.2) is 0 Å². The molecule has 0 N–H and O–H groups in total. The molecule has 1 aromatic carbocycles. The molecule has 2 aliphatic heterocycles. The van der Waals surface area contributed by atoms with Crippen LogP contribution in [0.2, 0.25) is 0 Å². The Morgan fingerprint density at radius 3 is 2.43 bits per heavy atom. The van der Waals surface area contributed by atoms with Gasteiger partial charge >= 0.3 is 0 Å². The molecule has 0 aliphatic carbocycles. The van der Waals surface area contributed by atoms with Gasteiger partial charge in [-0.3, -0.25) is 14.5 Å². The molecule has 0 radical (unpaired) electrons. The van der Waals surface area contributed by atoms with E-state index in [9.17, 15) is 9.59 Å². The summed E-state index contributed by atoms with van der Waals surface area (Å²) in [6.07, 6.45) is 4.63. The number of hydrogen-bond acceptors (Lipinski definition) is 7. The van der Waals surface area contributed by atoms with Gasteiger partial charge in [-0.1, -0.05) is 0 Å². The largest absolute Gasteiger partial charge is 0.496 e. The number of hydrogen-bond donors (Lipinski definition) is 0. The zero-order valence-corrected chi connectivity index (χ0v) is 17.3. The highest BCUT2D eigenvalue weighted by Gasteiger charge is 2.34. The molecule has 2 aliphatic rings. The monoisotopic (exact) mass is 406 g/mol. The van der Waals surface area contributed by atoms with Crippen LogP contribution in [0.3, 0.4) is 0 Å². The Hall–Kier alpha value is -2.19. The van der Waals surface area contributed by atoms with Crippen LogP contribution in [0.5, 0.6) is 11.5 Å². The maximum absolute atomic E-state index is 12.6. The molecule has 3 rings (SSSR count). The summed E-state index contributed by atoms with van der Waals surface area (Å²) >= 11 is 0.948. The van der Waals surface area contributed by atoms with Gasteiger partial charge in [-0.15, -0.1) is 0 Å². The Balaban J connectivity index is 1.88. The maximum Gasteiger partial charge on any atom is 0.293 e. The smallest absolute Gasteiger partial charge is 0.293 e. The van der Waals surface area contributed by atoms with Crippen molar-refractivity contribution in [2.45, 2.75) is 19.3 Å². The number of amides is 2. The second-order valence-electron chi connectivity index (χ2n) is 6.64. The molecule has 0 aromatic heterocycles. The molecule has 2 amide bonds. The third-order valence-electron chi connectivity index (χ3n) is 4.87. The van der Waals surface area contributed by atoms with Crippen molar-refractivity contribution in [1.29, 1.82) is 0 Å². The number of carbonyl (C=O) groups excluding carboxylic acids is 2. The molecule has 2 fully saturated rings. The van der Waals surface area contributed by atoms with E-state index in [2.05, 4.69) is 4.90 Å². The summed E-state index contributed by atoms with van der Waals surface area (Å²) in [5.74, 6) is 1.10. The molecule has 0 atom stereocenters. The Bertz CT molecular complexity index is 774. The van der Waals surface area contributed by atoms with Crippen LogP contribution in [0.4, 0.5) is 10.5 Å². The second kappa shape index (κ2) is 9.34. The van der Waals surface area contributed by atoms with Crippen LogP contribution in [0.15, 0.2) is 17.0 Å². The highest BCUT2D eigenvalue weighted by molar-refractivity contribution is 8.18. The maximum atomic E-state index is 12.6. The van der Waals surface area contributed by atoms with Gasteiger partial charge in [-0.25, -0.2) is 0 Å². The van der Waals surface area contributed by atoms with Gasteiger partial charge in [0.05, 0.1) is 24.8 Å². The van der Waals surface area contributed by atoms with Crippen LogP contribution in [0, 0.1) is 0 Å². The predicted molar refractivity (Wildman–Crippen MR) is 110 cm³/mol. The van der Waals surface area contributed by atoms with E-state index in [0.29, 0.717) is 35.8 Å².